The number of benzene rings is 1. The fourth-order valence-corrected chi connectivity index (χ4v) is 0.754. The molecule has 0 atom stereocenters. The molecule has 0 aromatic heterocycles. The van der Waals surface area contributed by atoms with Gasteiger partial charge in [-0.25, -0.2) is 4.39 Å². The first kappa shape index (κ1) is 8.96. The molecule has 0 aliphatic carbocycles. The average Bonchev–Trinajstić information content (AvgIpc) is 2.00. The van der Waals surface area contributed by atoms with Crippen molar-refractivity contribution < 1.29 is 23.9 Å². The summed E-state index contributed by atoms with van der Waals surface area (Å²) in [6.45, 7) is 0. The maximum atomic E-state index is 12.7. The first-order valence-corrected chi connectivity index (χ1v) is 3.07. The fourth-order valence-electron chi connectivity index (χ4n) is 0.754. The van der Waals surface area contributed by atoms with Gasteiger partial charge in [-0.3, -0.25) is 0 Å². The second-order valence-electron chi connectivity index (χ2n) is 2.18. The molecule has 3 N–H and O–H groups in total. The average molecular weight is 174 g/mol. The second-order valence-corrected chi connectivity index (χ2v) is 2.18. The molecule has 0 radical (unpaired) electrons. The minimum absolute atomic E-state index is 0.606. The minimum Gasteiger partial charge on any atom is -0.505 e. The number of rotatable bonds is 1. The molecule has 64 valence electrons. The molecule has 0 fully saturated rings. The van der Waals surface area contributed by atoms with E-state index in [0.29, 0.717) is 0 Å². The maximum Gasteiger partial charge on any atom is 0.491 e. The third-order valence-electron chi connectivity index (χ3n) is 1.37. The minimum atomic E-state index is -2.08. The van der Waals surface area contributed by atoms with E-state index in [1.165, 1.54) is 0 Å². The van der Waals surface area contributed by atoms with Crippen LogP contribution in [0.1, 0.15) is 0 Å². The molecule has 0 heterocycles. The predicted octanol–water partition coefficient (Wildman–Crippen LogP) is -0.650. The van der Waals surface area contributed by atoms with Crippen LogP contribution in [0, 0.1) is 11.6 Å². The van der Waals surface area contributed by atoms with E-state index in [-0.39, 0.29) is 0 Å². The summed E-state index contributed by atoms with van der Waals surface area (Å²) in [4.78, 5) is 0. The van der Waals surface area contributed by atoms with Gasteiger partial charge in [-0.2, -0.15) is 4.39 Å². The highest BCUT2D eigenvalue weighted by molar-refractivity contribution is 6.58. The normalized spacial score (nSPS) is 10.0. The highest BCUT2D eigenvalue weighted by Crippen LogP contribution is 2.15. The van der Waals surface area contributed by atoms with Crippen LogP contribution >= 0.6 is 0 Å². The lowest BCUT2D eigenvalue weighted by molar-refractivity contribution is 0.401. The van der Waals surface area contributed by atoms with E-state index in [0.717, 1.165) is 12.1 Å². The van der Waals surface area contributed by atoms with E-state index < -0.39 is 30.0 Å². The molecule has 0 unspecified atom stereocenters. The Morgan fingerprint density at radius 3 is 2.17 bits per heavy atom. The lowest BCUT2D eigenvalue weighted by Crippen LogP contribution is -2.33. The van der Waals surface area contributed by atoms with E-state index in [2.05, 4.69) is 0 Å². The van der Waals surface area contributed by atoms with Crippen LogP contribution in [0.4, 0.5) is 8.78 Å². The molecule has 12 heavy (non-hydrogen) atoms. The largest absolute Gasteiger partial charge is 0.505 e. The summed E-state index contributed by atoms with van der Waals surface area (Å²) in [5.41, 5.74) is -0.606. The number of phenolic OH excluding ortho intramolecular Hbond substituents is 1. The van der Waals surface area contributed by atoms with Crippen molar-refractivity contribution in [3.05, 3.63) is 23.8 Å². The van der Waals surface area contributed by atoms with Crippen molar-refractivity contribution in [2.24, 2.45) is 0 Å². The third-order valence-corrected chi connectivity index (χ3v) is 1.37. The van der Waals surface area contributed by atoms with Gasteiger partial charge in [-0.1, -0.05) is 6.07 Å². The number of phenols is 1. The van der Waals surface area contributed by atoms with Gasteiger partial charge in [-0.15, -0.1) is 0 Å². The standard InChI is InChI=1S/C6H5BF2O3/c8-5-3(7(11)12)1-2-4(10)6(5)9/h1-2,10-12H. The van der Waals surface area contributed by atoms with Crippen LogP contribution in [0.25, 0.3) is 0 Å². The van der Waals surface area contributed by atoms with Crippen LogP contribution in [0.5, 0.6) is 5.75 Å². The molecular weight excluding hydrogens is 169 g/mol. The Bertz CT molecular complexity index is 303. The lowest BCUT2D eigenvalue weighted by atomic mass is 9.80. The zero-order chi connectivity index (χ0) is 9.30. The van der Waals surface area contributed by atoms with Crippen molar-refractivity contribution in [3.8, 4) is 5.75 Å². The Morgan fingerprint density at radius 1 is 1.08 bits per heavy atom. The molecule has 3 nitrogen and oxygen atoms in total. The number of halogens is 2. The summed E-state index contributed by atoms with van der Waals surface area (Å²) in [5, 5.41) is 25.6. The molecule has 1 rings (SSSR count). The molecule has 1 aromatic rings. The van der Waals surface area contributed by atoms with Gasteiger partial charge < -0.3 is 15.2 Å². The van der Waals surface area contributed by atoms with Crippen LogP contribution in [-0.4, -0.2) is 22.3 Å². The van der Waals surface area contributed by atoms with Crippen LogP contribution < -0.4 is 5.46 Å². The lowest BCUT2D eigenvalue weighted by Gasteiger charge is -2.02. The van der Waals surface area contributed by atoms with Gasteiger partial charge in [0, 0.05) is 5.46 Å². The summed E-state index contributed by atoms with van der Waals surface area (Å²) in [6.07, 6.45) is 0. The molecule has 0 spiro atoms. The molecule has 0 aliphatic heterocycles. The van der Waals surface area contributed by atoms with E-state index in [1.807, 2.05) is 0 Å². The summed E-state index contributed by atoms with van der Waals surface area (Å²) in [6, 6.07) is 1.73. The summed E-state index contributed by atoms with van der Waals surface area (Å²) in [7, 11) is -2.08. The van der Waals surface area contributed by atoms with Crippen molar-refractivity contribution in [1.29, 1.82) is 0 Å². The molecule has 1 aromatic carbocycles. The van der Waals surface area contributed by atoms with Gasteiger partial charge in [0.1, 0.15) is 0 Å². The van der Waals surface area contributed by atoms with Crippen molar-refractivity contribution in [1.82, 2.24) is 0 Å². The van der Waals surface area contributed by atoms with E-state index in [1.54, 1.807) is 0 Å². The van der Waals surface area contributed by atoms with Crippen LogP contribution in [0.15, 0.2) is 12.1 Å². The van der Waals surface area contributed by atoms with Gasteiger partial charge >= 0.3 is 7.12 Å². The monoisotopic (exact) mass is 174 g/mol. The molecule has 0 bridgehead atoms. The van der Waals surface area contributed by atoms with Crippen molar-refractivity contribution in [2.45, 2.75) is 0 Å². The SMILES string of the molecule is OB(O)c1ccc(O)c(F)c1F. The van der Waals surface area contributed by atoms with Gasteiger partial charge in [0.15, 0.2) is 17.4 Å². The van der Waals surface area contributed by atoms with Gasteiger partial charge in [0.05, 0.1) is 0 Å². The van der Waals surface area contributed by atoms with E-state index in [9.17, 15) is 8.78 Å². The van der Waals surface area contributed by atoms with E-state index in [4.69, 9.17) is 15.2 Å². The molecule has 0 saturated carbocycles. The quantitative estimate of drug-likeness (QED) is 0.495. The maximum absolute atomic E-state index is 12.7. The zero-order valence-electron chi connectivity index (χ0n) is 5.83. The van der Waals surface area contributed by atoms with Gasteiger partial charge in [0.25, 0.3) is 0 Å². The highest BCUT2D eigenvalue weighted by Gasteiger charge is 2.21. The van der Waals surface area contributed by atoms with Crippen LogP contribution in [0.2, 0.25) is 0 Å². The first-order valence-electron chi connectivity index (χ1n) is 3.07. The van der Waals surface area contributed by atoms with Crippen LogP contribution in [0.3, 0.4) is 0 Å². The predicted molar refractivity (Wildman–Crippen MR) is 37.8 cm³/mol. The number of hydrogen-bond acceptors (Lipinski definition) is 3. The fraction of sp³-hybridized carbons (Fsp3) is 0. The Kier molecular flexibility index (Phi) is 2.30. The highest BCUT2D eigenvalue weighted by atomic mass is 19.2. The van der Waals surface area contributed by atoms with Crippen molar-refractivity contribution in [2.75, 3.05) is 0 Å². The number of hydrogen-bond donors (Lipinski definition) is 3. The number of aromatic hydroxyl groups is 1. The molecular formula is C6H5BF2O3. The summed E-state index contributed by atoms with van der Waals surface area (Å²) in [5.74, 6) is -3.80. The molecule has 6 heteroatoms. The van der Waals surface area contributed by atoms with Crippen LogP contribution in [-0.2, 0) is 0 Å². The van der Waals surface area contributed by atoms with Gasteiger partial charge in [0.2, 0.25) is 0 Å². The summed E-state index contributed by atoms with van der Waals surface area (Å²) < 4.78 is 25.2. The van der Waals surface area contributed by atoms with Crippen molar-refractivity contribution in [3.63, 3.8) is 0 Å². The molecule has 0 saturated heterocycles. The van der Waals surface area contributed by atoms with Gasteiger partial charge in [-0.05, 0) is 6.07 Å². The molecule has 0 amide bonds. The Balaban J connectivity index is 3.27. The Morgan fingerprint density at radius 2 is 1.67 bits per heavy atom. The van der Waals surface area contributed by atoms with Crippen molar-refractivity contribution >= 4 is 12.6 Å². The topological polar surface area (TPSA) is 60.7 Å². The first-order chi connectivity index (χ1) is 5.54. The second kappa shape index (κ2) is 3.08. The van der Waals surface area contributed by atoms with E-state index >= 15 is 0 Å². The summed E-state index contributed by atoms with van der Waals surface area (Å²) >= 11 is 0. The smallest absolute Gasteiger partial charge is 0.491 e. The third kappa shape index (κ3) is 1.39. The Labute approximate surface area is 67.0 Å². The zero-order valence-corrected chi connectivity index (χ0v) is 5.83. The Hall–Kier alpha value is -1.14. The molecule has 0 aliphatic rings.